The molecule has 1 aliphatic heterocycles. The second kappa shape index (κ2) is 14.2. The van der Waals surface area contributed by atoms with Crippen molar-refractivity contribution in [3.05, 3.63) is 71.9 Å². The molecule has 0 bridgehead atoms. The van der Waals surface area contributed by atoms with E-state index in [0.29, 0.717) is 25.1 Å². The van der Waals surface area contributed by atoms with Gasteiger partial charge in [-0.3, -0.25) is 14.4 Å². The van der Waals surface area contributed by atoms with Crippen LogP contribution in [-0.4, -0.2) is 81.4 Å². The van der Waals surface area contributed by atoms with Crippen LogP contribution >= 0.6 is 11.8 Å². The average Bonchev–Trinajstić information content (AvgIpc) is 3.62. The molecule has 4 rings (SSSR count). The quantitative estimate of drug-likeness (QED) is 0.207. The van der Waals surface area contributed by atoms with Gasteiger partial charge in [0.15, 0.2) is 0 Å². The summed E-state index contributed by atoms with van der Waals surface area (Å²) in [5, 5.41) is 16.0. The second-order valence-corrected chi connectivity index (χ2v) is 11.3. The van der Waals surface area contributed by atoms with Crippen molar-refractivity contribution in [2.24, 2.45) is 5.73 Å². The number of carbonyl (C=O) groups excluding carboxylic acids is 3. The highest BCUT2D eigenvalue weighted by atomic mass is 32.2. The molecule has 3 amide bonds. The molecule has 1 aliphatic rings. The van der Waals surface area contributed by atoms with Crippen LogP contribution in [0.25, 0.3) is 10.9 Å². The third kappa shape index (κ3) is 7.68. The van der Waals surface area contributed by atoms with Gasteiger partial charge in [0.1, 0.15) is 18.1 Å². The fourth-order valence-electron chi connectivity index (χ4n) is 5.22. The molecule has 218 valence electrons. The molecule has 2 aromatic carbocycles. The lowest BCUT2D eigenvalue weighted by molar-refractivity contribution is -0.145. The van der Waals surface area contributed by atoms with E-state index >= 15 is 0 Å². The normalized spacial score (nSPS) is 17.1. The number of nitrogens with zero attached hydrogens (tertiary/aromatic N) is 1. The first-order chi connectivity index (χ1) is 19.8. The van der Waals surface area contributed by atoms with Crippen LogP contribution in [0.3, 0.4) is 0 Å². The number of para-hydroxylation sites is 1. The summed E-state index contributed by atoms with van der Waals surface area (Å²) in [7, 11) is 0. The van der Waals surface area contributed by atoms with Gasteiger partial charge in [0.05, 0.1) is 6.04 Å². The Morgan fingerprint density at radius 2 is 1.78 bits per heavy atom. The Kier molecular flexibility index (Phi) is 10.4. The molecular weight excluding hydrogens is 542 g/mol. The number of aliphatic carboxylic acids is 1. The van der Waals surface area contributed by atoms with E-state index in [4.69, 9.17) is 5.73 Å². The Labute approximate surface area is 243 Å². The minimum absolute atomic E-state index is 0.224. The van der Waals surface area contributed by atoms with Crippen molar-refractivity contribution in [3.8, 4) is 0 Å². The number of benzene rings is 2. The summed E-state index contributed by atoms with van der Waals surface area (Å²) in [6, 6.07) is 13.4. The molecule has 4 atom stereocenters. The van der Waals surface area contributed by atoms with Gasteiger partial charge in [0, 0.05) is 30.1 Å². The molecule has 0 radical (unpaired) electrons. The number of hydrogen-bond acceptors (Lipinski definition) is 6. The third-order valence-corrected chi connectivity index (χ3v) is 8.06. The number of fused-ring (bicyclic) bond motifs is 1. The number of hydrogen-bond donors (Lipinski definition) is 5. The van der Waals surface area contributed by atoms with E-state index in [-0.39, 0.29) is 19.3 Å². The Morgan fingerprint density at radius 3 is 2.51 bits per heavy atom. The van der Waals surface area contributed by atoms with Gasteiger partial charge in [-0.1, -0.05) is 48.5 Å². The number of amides is 3. The Bertz CT molecular complexity index is 1360. The zero-order valence-corrected chi connectivity index (χ0v) is 23.9. The SMILES string of the molecule is CSCCC(NC(=O)C1CCCN1C(=O)C(Cc1ccccc1)NC(=O)C(N)Cc1c[nH]c2ccccc12)C(=O)O. The van der Waals surface area contributed by atoms with Crippen LogP contribution in [0.5, 0.6) is 0 Å². The Morgan fingerprint density at radius 1 is 1.05 bits per heavy atom. The van der Waals surface area contributed by atoms with Crippen LogP contribution in [0.15, 0.2) is 60.8 Å². The largest absolute Gasteiger partial charge is 0.480 e. The lowest BCUT2D eigenvalue weighted by atomic mass is 10.0. The number of aromatic amines is 1. The van der Waals surface area contributed by atoms with Gasteiger partial charge in [-0.05, 0) is 54.9 Å². The van der Waals surface area contributed by atoms with Gasteiger partial charge in [-0.2, -0.15) is 11.8 Å². The minimum Gasteiger partial charge on any atom is -0.480 e. The molecule has 10 nitrogen and oxygen atoms in total. The number of carboxylic acid groups (broad SMARTS) is 1. The van der Waals surface area contributed by atoms with Gasteiger partial charge in [0.2, 0.25) is 17.7 Å². The van der Waals surface area contributed by atoms with Gasteiger partial charge in [0.25, 0.3) is 0 Å². The van der Waals surface area contributed by atoms with Crippen LogP contribution in [0, 0.1) is 0 Å². The van der Waals surface area contributed by atoms with Crippen LogP contribution < -0.4 is 16.4 Å². The lowest BCUT2D eigenvalue weighted by Gasteiger charge is -2.30. The monoisotopic (exact) mass is 579 g/mol. The zero-order chi connectivity index (χ0) is 29.4. The summed E-state index contributed by atoms with van der Waals surface area (Å²) >= 11 is 1.49. The van der Waals surface area contributed by atoms with Crippen molar-refractivity contribution in [1.82, 2.24) is 20.5 Å². The standard InChI is InChI=1S/C30H37N5O5S/c1-41-15-13-24(30(39)40)33-28(37)26-12-7-14-35(26)29(38)25(16-19-8-3-2-4-9-19)34-27(36)22(31)17-20-18-32-23-11-6-5-10-21(20)23/h2-6,8-11,18,22,24-26,32H,7,12-17,31H2,1H3,(H,33,37)(H,34,36)(H,39,40). The predicted octanol–water partition coefficient (Wildman–Crippen LogP) is 2.08. The molecule has 11 heteroatoms. The van der Waals surface area contributed by atoms with Crippen LogP contribution in [-0.2, 0) is 32.0 Å². The first-order valence-corrected chi connectivity index (χ1v) is 15.1. The number of nitrogens with two attached hydrogens (primary N) is 1. The summed E-state index contributed by atoms with van der Waals surface area (Å²) in [5.41, 5.74) is 9.02. The molecule has 1 saturated heterocycles. The van der Waals surface area contributed by atoms with E-state index in [2.05, 4.69) is 15.6 Å². The molecule has 4 unspecified atom stereocenters. The topological polar surface area (TPSA) is 158 Å². The first kappa shape index (κ1) is 30.1. The van der Waals surface area contributed by atoms with Crippen LogP contribution in [0.1, 0.15) is 30.4 Å². The van der Waals surface area contributed by atoms with E-state index in [1.807, 2.05) is 67.0 Å². The van der Waals surface area contributed by atoms with Crippen molar-refractivity contribution in [2.75, 3.05) is 18.6 Å². The maximum Gasteiger partial charge on any atom is 0.326 e. The number of nitrogens with one attached hydrogen (secondary N) is 3. The van der Waals surface area contributed by atoms with Gasteiger partial charge in [-0.25, -0.2) is 4.79 Å². The zero-order valence-electron chi connectivity index (χ0n) is 23.0. The second-order valence-electron chi connectivity index (χ2n) is 10.3. The Hall–Kier alpha value is -3.83. The highest BCUT2D eigenvalue weighted by molar-refractivity contribution is 7.98. The van der Waals surface area contributed by atoms with Crippen molar-refractivity contribution in [1.29, 1.82) is 0 Å². The molecule has 2 heterocycles. The summed E-state index contributed by atoms with van der Waals surface area (Å²) < 4.78 is 0. The minimum atomic E-state index is -1.11. The Balaban J connectivity index is 1.48. The van der Waals surface area contributed by atoms with Crippen LogP contribution in [0.2, 0.25) is 0 Å². The summed E-state index contributed by atoms with van der Waals surface area (Å²) in [6.45, 7) is 0.335. The number of rotatable bonds is 13. The molecular formula is C30H37N5O5S. The number of aromatic nitrogens is 1. The summed E-state index contributed by atoms with van der Waals surface area (Å²) in [4.78, 5) is 56.7. The summed E-state index contributed by atoms with van der Waals surface area (Å²) in [5.74, 6) is -1.89. The van der Waals surface area contributed by atoms with E-state index in [0.717, 1.165) is 22.0 Å². The number of thioether (sulfide) groups is 1. The number of likely N-dealkylation sites (tertiary alicyclic amines) is 1. The van der Waals surface area contributed by atoms with E-state index < -0.39 is 47.9 Å². The average molecular weight is 580 g/mol. The molecule has 0 saturated carbocycles. The van der Waals surface area contributed by atoms with E-state index in [1.54, 1.807) is 0 Å². The lowest BCUT2D eigenvalue weighted by Crippen LogP contribution is -2.57. The maximum absolute atomic E-state index is 13.9. The molecule has 1 aromatic heterocycles. The highest BCUT2D eigenvalue weighted by Crippen LogP contribution is 2.21. The molecule has 0 aliphatic carbocycles. The van der Waals surface area contributed by atoms with Crippen molar-refractivity contribution < 1.29 is 24.3 Å². The van der Waals surface area contributed by atoms with Gasteiger partial charge in [-0.15, -0.1) is 0 Å². The van der Waals surface area contributed by atoms with Crippen molar-refractivity contribution in [2.45, 2.75) is 56.3 Å². The van der Waals surface area contributed by atoms with Gasteiger partial charge < -0.3 is 31.4 Å². The number of H-pyrrole nitrogens is 1. The molecule has 6 N–H and O–H groups in total. The smallest absolute Gasteiger partial charge is 0.326 e. The molecule has 3 aromatic rings. The van der Waals surface area contributed by atoms with Crippen molar-refractivity contribution in [3.63, 3.8) is 0 Å². The maximum atomic E-state index is 13.9. The predicted molar refractivity (Wildman–Crippen MR) is 159 cm³/mol. The fourth-order valence-corrected chi connectivity index (χ4v) is 5.69. The molecule has 1 fully saturated rings. The number of carbonyl (C=O) groups is 4. The van der Waals surface area contributed by atoms with Crippen LogP contribution in [0.4, 0.5) is 0 Å². The van der Waals surface area contributed by atoms with Gasteiger partial charge >= 0.3 is 5.97 Å². The fraction of sp³-hybridized carbons (Fsp3) is 0.400. The van der Waals surface area contributed by atoms with E-state index in [9.17, 15) is 24.3 Å². The summed E-state index contributed by atoms with van der Waals surface area (Å²) in [6.07, 6.45) is 5.50. The van der Waals surface area contributed by atoms with E-state index in [1.165, 1.54) is 16.7 Å². The van der Waals surface area contributed by atoms with Crippen molar-refractivity contribution >= 4 is 46.4 Å². The first-order valence-electron chi connectivity index (χ1n) is 13.8. The third-order valence-electron chi connectivity index (χ3n) is 7.41. The molecule has 41 heavy (non-hydrogen) atoms. The number of carboxylic acids is 1. The highest BCUT2D eigenvalue weighted by Gasteiger charge is 2.39. The molecule has 0 spiro atoms.